The molecule has 0 amide bonds. The van der Waals surface area contributed by atoms with Crippen LogP contribution in [0.5, 0.6) is 5.75 Å². The van der Waals surface area contributed by atoms with Crippen molar-refractivity contribution in [3.8, 4) is 5.75 Å². The van der Waals surface area contributed by atoms with Gasteiger partial charge in [-0.15, -0.1) is 17.5 Å². The molecule has 0 radical (unpaired) electrons. The minimum absolute atomic E-state index is 0. The number of aliphatic hydroxyl groups excluding tert-OH is 1. The van der Waals surface area contributed by atoms with E-state index in [4.69, 9.17) is 4.84 Å². The highest BCUT2D eigenvalue weighted by Gasteiger charge is 2.33. The zero-order valence-electron chi connectivity index (χ0n) is 12.7. The second-order valence-corrected chi connectivity index (χ2v) is 5.56. The van der Waals surface area contributed by atoms with E-state index in [-0.39, 0.29) is 18.4 Å². The molecule has 2 aromatic rings. The third kappa shape index (κ3) is 3.61. The second kappa shape index (κ2) is 7.63. The van der Waals surface area contributed by atoms with Crippen LogP contribution in [0.15, 0.2) is 54.6 Å². The van der Waals surface area contributed by atoms with Crippen LogP contribution in [0.4, 0.5) is 0 Å². The first-order valence-electron chi connectivity index (χ1n) is 7.49. The van der Waals surface area contributed by atoms with E-state index in [0.717, 1.165) is 36.3 Å². The Bertz CT molecular complexity index is 591. The molecule has 0 aliphatic carbocycles. The maximum absolute atomic E-state index is 10.6. The summed E-state index contributed by atoms with van der Waals surface area (Å²) in [5, 5.41) is 12.5. The molecule has 0 saturated carbocycles. The van der Waals surface area contributed by atoms with Crippen molar-refractivity contribution in [3.05, 3.63) is 65.7 Å². The third-order valence-electron chi connectivity index (χ3n) is 4.06. The smallest absolute Gasteiger partial charge is 0.150 e. The normalized spacial score (nSPS) is 19.5. The highest BCUT2D eigenvalue weighted by molar-refractivity contribution is 5.85. The predicted molar refractivity (Wildman–Crippen MR) is 90.2 cm³/mol. The number of aryl methyl sites for hydroxylation is 1. The van der Waals surface area contributed by atoms with Crippen molar-refractivity contribution in [1.82, 2.24) is 5.06 Å². The molecule has 1 N–H and O–H groups in total. The quantitative estimate of drug-likeness (QED) is 0.927. The van der Waals surface area contributed by atoms with E-state index in [0.29, 0.717) is 0 Å². The van der Waals surface area contributed by atoms with Crippen LogP contribution in [-0.2, 0) is 0 Å². The first-order chi connectivity index (χ1) is 10.3. The molecule has 3 rings (SSSR count). The molecule has 118 valence electrons. The maximum atomic E-state index is 10.6. The molecule has 0 bridgehead atoms. The Labute approximate surface area is 137 Å². The van der Waals surface area contributed by atoms with Crippen LogP contribution in [0.1, 0.15) is 30.1 Å². The predicted octanol–water partition coefficient (Wildman–Crippen LogP) is 3.91. The van der Waals surface area contributed by atoms with Gasteiger partial charge >= 0.3 is 0 Å². The molecule has 0 aromatic heterocycles. The van der Waals surface area contributed by atoms with Crippen molar-refractivity contribution >= 4 is 12.4 Å². The summed E-state index contributed by atoms with van der Waals surface area (Å²) in [5.41, 5.74) is 2.06. The summed E-state index contributed by atoms with van der Waals surface area (Å²) in [4.78, 5) is 6.03. The number of aliphatic hydroxyl groups is 1. The Morgan fingerprint density at radius 2 is 1.77 bits per heavy atom. The molecule has 4 heteroatoms. The summed E-state index contributed by atoms with van der Waals surface area (Å²) in [6.45, 7) is 2.89. The zero-order chi connectivity index (χ0) is 14.7. The molecule has 22 heavy (non-hydrogen) atoms. The third-order valence-corrected chi connectivity index (χ3v) is 4.06. The van der Waals surface area contributed by atoms with Crippen LogP contribution in [0, 0.1) is 6.92 Å². The van der Waals surface area contributed by atoms with Crippen LogP contribution in [0.3, 0.4) is 0 Å². The van der Waals surface area contributed by atoms with Crippen molar-refractivity contribution in [3.63, 3.8) is 0 Å². The Morgan fingerprint density at radius 1 is 1.09 bits per heavy atom. The number of nitrogens with zero attached hydrogens (tertiary/aromatic N) is 1. The molecule has 2 unspecified atom stereocenters. The van der Waals surface area contributed by atoms with Crippen molar-refractivity contribution in [2.45, 2.75) is 31.9 Å². The highest BCUT2D eigenvalue weighted by Crippen LogP contribution is 2.31. The number of hydrogen-bond donors (Lipinski definition) is 1. The number of para-hydroxylation sites is 1. The summed E-state index contributed by atoms with van der Waals surface area (Å²) < 4.78 is 0. The highest BCUT2D eigenvalue weighted by atomic mass is 35.5. The Hall–Kier alpha value is -1.55. The lowest BCUT2D eigenvalue weighted by molar-refractivity contribution is -0.106. The molecule has 1 aliphatic rings. The first kappa shape index (κ1) is 16.8. The summed E-state index contributed by atoms with van der Waals surface area (Å²) in [6, 6.07) is 17.8. The summed E-state index contributed by atoms with van der Waals surface area (Å²) in [6.07, 6.45) is 1.47. The summed E-state index contributed by atoms with van der Waals surface area (Å²) in [5.74, 6) is 0.865. The largest absolute Gasteiger partial charge is 0.405 e. The van der Waals surface area contributed by atoms with Gasteiger partial charge in [0.1, 0.15) is 5.75 Å². The van der Waals surface area contributed by atoms with E-state index in [1.807, 2.05) is 66.6 Å². The molecule has 2 atom stereocenters. The van der Waals surface area contributed by atoms with E-state index in [1.54, 1.807) is 0 Å². The maximum Gasteiger partial charge on any atom is 0.150 e. The van der Waals surface area contributed by atoms with Gasteiger partial charge in [-0.2, -0.15) is 0 Å². The van der Waals surface area contributed by atoms with Gasteiger partial charge in [-0.3, -0.25) is 0 Å². The fourth-order valence-corrected chi connectivity index (χ4v) is 2.85. The van der Waals surface area contributed by atoms with Crippen molar-refractivity contribution in [1.29, 1.82) is 0 Å². The van der Waals surface area contributed by atoms with E-state index in [1.165, 1.54) is 0 Å². The summed E-state index contributed by atoms with van der Waals surface area (Å²) in [7, 11) is 0. The van der Waals surface area contributed by atoms with Crippen molar-refractivity contribution in [2.24, 2.45) is 0 Å². The van der Waals surface area contributed by atoms with Gasteiger partial charge in [-0.05, 0) is 37.0 Å². The van der Waals surface area contributed by atoms with Crippen LogP contribution in [-0.4, -0.2) is 22.8 Å². The lowest BCUT2D eigenvalue weighted by Gasteiger charge is -2.28. The molecule has 1 saturated heterocycles. The molecule has 1 heterocycles. The van der Waals surface area contributed by atoms with Gasteiger partial charge in [-0.25, -0.2) is 0 Å². The lowest BCUT2D eigenvalue weighted by atomic mass is 10.0. The average Bonchev–Trinajstić information content (AvgIpc) is 2.98. The molecule has 1 fully saturated rings. The Balaban J connectivity index is 0.00000176. The standard InChI is InChI=1S/C18H21NO2.ClH/c1-14-8-5-6-12-17(14)21-19-13-7-11-16(19)18(20)15-9-3-2-4-10-15;/h2-6,8-10,12,16,18,20H,7,11,13H2,1H3;1H. The van der Waals surface area contributed by atoms with Crippen LogP contribution in [0.25, 0.3) is 0 Å². The molecule has 3 nitrogen and oxygen atoms in total. The van der Waals surface area contributed by atoms with Gasteiger partial charge in [0.25, 0.3) is 0 Å². The minimum atomic E-state index is -0.516. The van der Waals surface area contributed by atoms with Gasteiger partial charge in [0, 0.05) is 6.54 Å². The number of hydrogen-bond acceptors (Lipinski definition) is 3. The molecule has 1 aliphatic heterocycles. The number of rotatable bonds is 4. The molecular weight excluding hydrogens is 298 g/mol. The SMILES string of the molecule is Cc1ccccc1ON1CCCC1C(O)c1ccccc1.Cl. The fourth-order valence-electron chi connectivity index (χ4n) is 2.85. The Kier molecular flexibility index (Phi) is 5.83. The van der Waals surface area contributed by atoms with Crippen LogP contribution >= 0.6 is 12.4 Å². The number of halogens is 1. The molecular formula is C18H22ClNO2. The van der Waals surface area contributed by atoms with Crippen LogP contribution < -0.4 is 4.84 Å². The fraction of sp³-hybridized carbons (Fsp3) is 0.333. The topological polar surface area (TPSA) is 32.7 Å². The molecule has 0 spiro atoms. The first-order valence-corrected chi connectivity index (χ1v) is 7.49. The van der Waals surface area contributed by atoms with Gasteiger partial charge < -0.3 is 9.94 Å². The zero-order valence-corrected chi connectivity index (χ0v) is 13.5. The van der Waals surface area contributed by atoms with Gasteiger partial charge in [0.15, 0.2) is 0 Å². The summed E-state index contributed by atoms with van der Waals surface area (Å²) >= 11 is 0. The van der Waals surface area contributed by atoms with Crippen molar-refractivity contribution in [2.75, 3.05) is 6.54 Å². The number of benzene rings is 2. The van der Waals surface area contributed by atoms with Crippen LogP contribution in [0.2, 0.25) is 0 Å². The minimum Gasteiger partial charge on any atom is -0.405 e. The van der Waals surface area contributed by atoms with E-state index in [9.17, 15) is 5.11 Å². The number of hydroxylamine groups is 2. The van der Waals surface area contributed by atoms with Crippen molar-refractivity contribution < 1.29 is 9.94 Å². The average molecular weight is 320 g/mol. The van der Waals surface area contributed by atoms with E-state index < -0.39 is 6.10 Å². The van der Waals surface area contributed by atoms with E-state index in [2.05, 4.69) is 0 Å². The second-order valence-electron chi connectivity index (χ2n) is 5.56. The van der Waals surface area contributed by atoms with E-state index >= 15 is 0 Å². The monoisotopic (exact) mass is 319 g/mol. The molecule has 2 aromatic carbocycles. The lowest BCUT2D eigenvalue weighted by Crippen LogP contribution is -2.37. The Morgan fingerprint density at radius 3 is 2.50 bits per heavy atom. The van der Waals surface area contributed by atoms with Gasteiger partial charge in [0.05, 0.1) is 12.1 Å². The van der Waals surface area contributed by atoms with Gasteiger partial charge in [-0.1, -0.05) is 48.5 Å². The van der Waals surface area contributed by atoms with Gasteiger partial charge in [0.2, 0.25) is 0 Å².